The lowest BCUT2D eigenvalue weighted by Gasteiger charge is -2.25. The van der Waals surface area contributed by atoms with Gasteiger partial charge in [-0.15, -0.1) is 21.9 Å². The molecule has 0 fully saturated rings. The molecule has 2 aromatic heterocycles. The molecule has 0 amide bonds. The second-order valence-electron chi connectivity index (χ2n) is 16.7. The molecule has 274 valence electrons. The molecule has 15 heteroatoms. The molecule has 0 spiro atoms. The fourth-order valence-electron chi connectivity index (χ4n) is 9.36. The molecule has 0 atom stereocenters. The third kappa shape index (κ3) is 6.36. The minimum Gasteiger partial charge on any atom is -0.456 e. The van der Waals surface area contributed by atoms with Gasteiger partial charge in [0, 0.05) is 21.9 Å². The molecule has 0 radical (unpaired) electrons. The maximum Gasteiger partial charge on any atom is 0.167 e. The molecule has 0 aliphatic rings. The van der Waals surface area contributed by atoms with Crippen molar-refractivity contribution in [1.82, 2.24) is 15.0 Å². The van der Waals surface area contributed by atoms with Crippen molar-refractivity contribution in [2.75, 3.05) is 0 Å². The van der Waals surface area contributed by atoms with E-state index in [1.165, 1.54) is 82.3 Å². The monoisotopic (exact) mass is 759 g/mol. The topological polar surface area (TPSA) is 51.8 Å². The van der Waals surface area contributed by atoms with Gasteiger partial charge in [-0.2, -0.15) is 0 Å². The largest absolute Gasteiger partial charge is 0.456 e. The van der Waals surface area contributed by atoms with Crippen LogP contribution in [0.3, 0.4) is 0 Å². The highest BCUT2D eigenvalue weighted by Crippen LogP contribution is 2.35. The van der Waals surface area contributed by atoms with Gasteiger partial charge in [-0.25, -0.2) is 15.0 Å². The second-order valence-corrected chi connectivity index (χ2v) is 16.7. The first-order valence-corrected chi connectivity index (χ1v) is 21.0. The summed E-state index contributed by atoms with van der Waals surface area (Å²) >= 11 is 0. The van der Waals surface area contributed by atoms with E-state index in [9.17, 15) is 0 Å². The zero-order valence-electron chi connectivity index (χ0n) is 36.6. The van der Waals surface area contributed by atoms with Gasteiger partial charge in [0.15, 0.2) is 17.5 Å². The Morgan fingerprint density at radius 2 is 0.617 bits per heavy atom. The minimum atomic E-state index is 0.599. The van der Waals surface area contributed by atoms with Crippen LogP contribution in [0.15, 0.2) is 114 Å². The predicted octanol–water partition coefficient (Wildman–Crippen LogP) is -7.38. The highest BCUT2D eigenvalue weighted by Gasteiger charge is 2.28. The summed E-state index contributed by atoms with van der Waals surface area (Å²) in [7, 11) is 24.7. The predicted molar refractivity (Wildman–Crippen MR) is 290 cm³/mol. The molecule has 0 bridgehead atoms. The zero-order valence-corrected chi connectivity index (χ0v) is 36.6. The van der Waals surface area contributed by atoms with Crippen molar-refractivity contribution in [3.05, 3.63) is 109 Å². The third-order valence-corrected chi connectivity index (χ3v) is 13.6. The van der Waals surface area contributed by atoms with Crippen molar-refractivity contribution in [3.63, 3.8) is 0 Å². The van der Waals surface area contributed by atoms with Crippen LogP contribution in [0.25, 0.3) is 89.5 Å². The fourth-order valence-corrected chi connectivity index (χ4v) is 9.36. The number of hydrogen-bond acceptors (Lipinski definition) is 4. The van der Waals surface area contributed by atoms with Crippen molar-refractivity contribution < 1.29 is 4.42 Å². The quantitative estimate of drug-likeness (QED) is 0.159. The second kappa shape index (κ2) is 15.3. The van der Waals surface area contributed by atoms with Gasteiger partial charge in [-0.05, 0) is 33.4 Å². The van der Waals surface area contributed by atoms with E-state index in [-0.39, 0.29) is 0 Å². The number of furan rings is 1. The van der Waals surface area contributed by atoms with Crippen LogP contribution in [-0.2, 0) is 0 Å². The van der Waals surface area contributed by atoms with Crippen molar-refractivity contribution in [3.8, 4) is 67.5 Å². The van der Waals surface area contributed by atoms with E-state index in [1.807, 2.05) is 24.3 Å². The Morgan fingerprint density at radius 1 is 0.267 bits per heavy atom. The summed E-state index contributed by atoms with van der Waals surface area (Å²) in [6.07, 6.45) is 0. The molecular formula is C45H40B11N3O. The Bertz CT molecular complexity index is 3170. The first kappa shape index (κ1) is 39.5. The Hall–Kier alpha value is -5.94. The van der Waals surface area contributed by atoms with Crippen molar-refractivity contribution in [1.29, 1.82) is 0 Å². The van der Waals surface area contributed by atoms with Crippen molar-refractivity contribution in [2.45, 2.75) is 0 Å². The zero-order chi connectivity index (χ0) is 42.1. The smallest absolute Gasteiger partial charge is 0.167 e. The van der Waals surface area contributed by atoms with Crippen LogP contribution < -0.4 is 60.1 Å². The van der Waals surface area contributed by atoms with Crippen LogP contribution in [0.1, 0.15) is 0 Å². The summed E-state index contributed by atoms with van der Waals surface area (Å²) in [6.45, 7) is 0. The molecule has 0 saturated carbocycles. The van der Waals surface area contributed by atoms with Crippen LogP contribution in [-0.4, -0.2) is 101 Å². The van der Waals surface area contributed by atoms with Crippen molar-refractivity contribution in [2.24, 2.45) is 0 Å². The van der Waals surface area contributed by atoms with Crippen LogP contribution >= 0.6 is 0 Å². The molecule has 9 rings (SSSR count). The van der Waals surface area contributed by atoms with E-state index in [0.717, 1.165) is 49.8 Å². The van der Waals surface area contributed by atoms with Gasteiger partial charge in [-0.3, -0.25) is 0 Å². The van der Waals surface area contributed by atoms with Gasteiger partial charge < -0.3 is 4.42 Å². The number of rotatable bonds is 6. The molecule has 0 unspecified atom stereocenters. The summed E-state index contributed by atoms with van der Waals surface area (Å²) in [4.78, 5) is 15.9. The Labute approximate surface area is 362 Å². The average Bonchev–Trinajstić information content (AvgIpc) is 3.69. The number of fused-ring (bicyclic) bond motifs is 3. The lowest BCUT2D eigenvalue weighted by Crippen LogP contribution is -2.56. The maximum absolute atomic E-state index is 7.16. The standard InChI is InChI=1S/C45H40B11N3O/c46-30-25(26-32(48)35(51)38(54)36(52)33(26)49)31(47)29(41-27(30)28-34(50)37(53)39(55)40(56)42(28)60-41)45-58-43(23-9-5-2-6-10-23)57-44(59-45)24-17-15-22(16-18-24)21-13-11-20(12-14-21)19-7-3-1-4-8-19/h1-18H,46-56H2. The number of nitrogens with zero attached hydrogens (tertiary/aromatic N) is 3. The van der Waals surface area contributed by atoms with E-state index < -0.39 is 0 Å². The molecule has 7 aromatic carbocycles. The first-order valence-electron chi connectivity index (χ1n) is 21.0. The molecule has 0 aliphatic carbocycles. The van der Waals surface area contributed by atoms with Gasteiger partial charge >= 0.3 is 0 Å². The van der Waals surface area contributed by atoms with Gasteiger partial charge in [0.05, 0.1) is 5.56 Å². The Balaban J connectivity index is 1.31. The van der Waals surface area contributed by atoms with Crippen LogP contribution in [0.5, 0.6) is 0 Å². The molecule has 60 heavy (non-hydrogen) atoms. The van der Waals surface area contributed by atoms with Gasteiger partial charge in [0.1, 0.15) is 97.5 Å². The third-order valence-electron chi connectivity index (χ3n) is 13.6. The average molecular weight is 758 g/mol. The SMILES string of the molecule is Bc1c(B)c(B)c(-c2c(B)c(-c3nc(-c4ccccc4)nc(-c4ccc(-c5ccc(-c6ccccc6)cc5)cc4)n3)c3oc4c(B)c(B)c(B)c(B)c4c3c2B)c(B)c1B. The van der Waals surface area contributed by atoms with Crippen LogP contribution in [0.2, 0.25) is 0 Å². The van der Waals surface area contributed by atoms with E-state index in [0.29, 0.717) is 17.5 Å². The number of aromatic nitrogens is 3. The summed E-state index contributed by atoms with van der Waals surface area (Å²) in [5, 5.41) is 2.30. The first-order chi connectivity index (χ1) is 28.8. The van der Waals surface area contributed by atoms with Gasteiger partial charge in [-0.1, -0.05) is 147 Å². The van der Waals surface area contributed by atoms with Crippen molar-refractivity contribution >= 4 is 168 Å². The number of hydrogen-bond donors (Lipinski definition) is 0. The molecule has 0 aliphatic heterocycles. The van der Waals surface area contributed by atoms with E-state index in [4.69, 9.17) is 19.4 Å². The summed E-state index contributed by atoms with van der Waals surface area (Å²) < 4.78 is 7.16. The summed E-state index contributed by atoms with van der Waals surface area (Å²) in [6, 6.07) is 38.1. The molecular weight excluding hydrogens is 717 g/mol. The molecule has 2 heterocycles. The van der Waals surface area contributed by atoms with E-state index in [2.05, 4.69) is 171 Å². The molecule has 4 nitrogen and oxygen atoms in total. The molecule has 0 N–H and O–H groups in total. The fraction of sp³-hybridized carbons (Fsp3) is 0. The highest BCUT2D eigenvalue weighted by molar-refractivity contribution is 6.71. The Morgan fingerprint density at radius 3 is 1.13 bits per heavy atom. The summed E-state index contributed by atoms with van der Waals surface area (Å²) in [5.74, 6) is 1.83. The van der Waals surface area contributed by atoms with Gasteiger partial charge in [0.2, 0.25) is 0 Å². The normalized spacial score (nSPS) is 11.4. The number of benzene rings is 7. The van der Waals surface area contributed by atoms with Crippen LogP contribution in [0.4, 0.5) is 0 Å². The van der Waals surface area contributed by atoms with Crippen LogP contribution in [0, 0.1) is 0 Å². The maximum atomic E-state index is 7.16. The molecule has 9 aromatic rings. The lowest BCUT2D eigenvalue weighted by molar-refractivity contribution is 0.673. The summed E-state index contributed by atoms with van der Waals surface area (Å²) in [5.41, 5.74) is 25.6. The minimum absolute atomic E-state index is 0.599. The van der Waals surface area contributed by atoms with Gasteiger partial charge in [0.25, 0.3) is 0 Å². The van der Waals surface area contributed by atoms with E-state index in [1.54, 1.807) is 0 Å². The lowest BCUT2D eigenvalue weighted by atomic mass is 9.58. The molecule has 0 saturated heterocycles. The Kier molecular flexibility index (Phi) is 10.1. The van der Waals surface area contributed by atoms with E-state index >= 15 is 0 Å². The highest BCUT2D eigenvalue weighted by atomic mass is 16.3.